The van der Waals surface area contributed by atoms with Gasteiger partial charge in [0.25, 0.3) is 0 Å². The van der Waals surface area contributed by atoms with Crippen LogP contribution in [0.2, 0.25) is 0 Å². The molecule has 4 nitrogen and oxygen atoms in total. The van der Waals surface area contributed by atoms with Crippen molar-refractivity contribution in [3.05, 3.63) is 33.8 Å². The summed E-state index contributed by atoms with van der Waals surface area (Å²) in [5.74, 6) is -0.471. The number of methoxy groups -OCH3 is 1. The molecule has 0 bridgehead atoms. The highest BCUT2D eigenvalue weighted by molar-refractivity contribution is 9.10. The second-order valence-corrected chi connectivity index (χ2v) is 3.29. The molecule has 74 valence electrons. The van der Waals surface area contributed by atoms with E-state index in [4.69, 9.17) is 5.21 Å². The number of carbonyl (C=O) groups is 1. The summed E-state index contributed by atoms with van der Waals surface area (Å²) in [5, 5.41) is 11.3. The van der Waals surface area contributed by atoms with Crippen LogP contribution in [-0.4, -0.2) is 24.5 Å². The highest BCUT2D eigenvalue weighted by atomic mass is 79.9. The van der Waals surface area contributed by atoms with Crippen LogP contribution in [0.5, 0.6) is 0 Å². The van der Waals surface area contributed by atoms with Crippen molar-refractivity contribution >= 4 is 28.1 Å². The largest absolute Gasteiger partial charge is 0.465 e. The molecule has 0 aromatic heterocycles. The van der Waals surface area contributed by atoms with E-state index in [-0.39, 0.29) is 0 Å². The minimum absolute atomic E-state index is 0.347. The standard InChI is InChI=1S/C9H8BrNO3/c1-14-9(12)6-3-2-4-8(10)7(6)5-11-13/h2-5,13H,1H3. The summed E-state index contributed by atoms with van der Waals surface area (Å²) in [6, 6.07) is 5.03. The Morgan fingerprint density at radius 3 is 2.93 bits per heavy atom. The molecule has 0 heterocycles. The molecular formula is C9H8BrNO3. The number of nitrogens with zero attached hydrogens (tertiary/aromatic N) is 1. The number of oxime groups is 1. The molecule has 1 aromatic carbocycles. The zero-order valence-electron chi connectivity index (χ0n) is 7.40. The Hall–Kier alpha value is -1.36. The van der Waals surface area contributed by atoms with Gasteiger partial charge < -0.3 is 9.94 Å². The maximum atomic E-state index is 11.3. The molecule has 0 saturated carbocycles. The zero-order valence-corrected chi connectivity index (χ0v) is 8.98. The topological polar surface area (TPSA) is 58.9 Å². The van der Waals surface area contributed by atoms with E-state index in [1.54, 1.807) is 18.2 Å². The van der Waals surface area contributed by atoms with Gasteiger partial charge in [-0.05, 0) is 12.1 Å². The van der Waals surface area contributed by atoms with Gasteiger partial charge in [0.1, 0.15) is 0 Å². The van der Waals surface area contributed by atoms with Gasteiger partial charge in [0.05, 0.1) is 18.9 Å². The molecule has 0 saturated heterocycles. The first-order valence-electron chi connectivity index (χ1n) is 3.75. The van der Waals surface area contributed by atoms with Crippen molar-refractivity contribution in [3.8, 4) is 0 Å². The van der Waals surface area contributed by atoms with Gasteiger partial charge in [0, 0.05) is 10.0 Å². The van der Waals surface area contributed by atoms with Crippen molar-refractivity contribution in [1.82, 2.24) is 0 Å². The van der Waals surface area contributed by atoms with Crippen LogP contribution in [0, 0.1) is 0 Å². The highest BCUT2D eigenvalue weighted by Crippen LogP contribution is 2.19. The minimum Gasteiger partial charge on any atom is -0.465 e. The third-order valence-electron chi connectivity index (χ3n) is 1.65. The fourth-order valence-corrected chi connectivity index (χ4v) is 1.48. The Balaban J connectivity index is 3.27. The summed E-state index contributed by atoms with van der Waals surface area (Å²) in [5.41, 5.74) is 0.835. The van der Waals surface area contributed by atoms with Gasteiger partial charge in [0.2, 0.25) is 0 Å². The maximum Gasteiger partial charge on any atom is 0.338 e. The van der Waals surface area contributed by atoms with Gasteiger partial charge >= 0.3 is 5.97 Å². The molecule has 0 amide bonds. The van der Waals surface area contributed by atoms with Crippen LogP contribution in [0.3, 0.4) is 0 Å². The molecule has 0 aliphatic rings. The van der Waals surface area contributed by atoms with Crippen molar-refractivity contribution in [2.75, 3.05) is 7.11 Å². The second kappa shape index (κ2) is 4.76. The van der Waals surface area contributed by atoms with E-state index in [0.29, 0.717) is 15.6 Å². The predicted molar refractivity (Wildman–Crippen MR) is 54.9 cm³/mol. The maximum absolute atomic E-state index is 11.3. The highest BCUT2D eigenvalue weighted by Gasteiger charge is 2.12. The van der Waals surface area contributed by atoms with Crippen molar-refractivity contribution in [1.29, 1.82) is 0 Å². The van der Waals surface area contributed by atoms with Gasteiger partial charge in [-0.25, -0.2) is 4.79 Å². The Labute approximate surface area is 89.3 Å². The Morgan fingerprint density at radius 2 is 2.36 bits per heavy atom. The molecule has 0 radical (unpaired) electrons. The summed E-state index contributed by atoms with van der Waals surface area (Å²) in [4.78, 5) is 11.3. The van der Waals surface area contributed by atoms with E-state index in [0.717, 1.165) is 0 Å². The summed E-state index contributed by atoms with van der Waals surface area (Å²) < 4.78 is 5.24. The SMILES string of the molecule is COC(=O)c1cccc(Br)c1C=NO. The summed E-state index contributed by atoms with van der Waals surface area (Å²) >= 11 is 3.24. The first-order chi connectivity index (χ1) is 6.70. The molecule has 0 aliphatic carbocycles. The Morgan fingerprint density at radius 1 is 1.64 bits per heavy atom. The predicted octanol–water partition coefficient (Wildman–Crippen LogP) is 2.04. The van der Waals surface area contributed by atoms with Crippen LogP contribution in [0.25, 0.3) is 0 Å². The Kier molecular flexibility index (Phi) is 3.64. The molecular weight excluding hydrogens is 250 g/mol. The van der Waals surface area contributed by atoms with Crippen LogP contribution in [0.4, 0.5) is 0 Å². The monoisotopic (exact) mass is 257 g/mol. The van der Waals surface area contributed by atoms with Crippen LogP contribution in [-0.2, 0) is 4.74 Å². The zero-order chi connectivity index (χ0) is 10.6. The number of carbonyl (C=O) groups excluding carboxylic acids is 1. The van der Waals surface area contributed by atoms with Crippen molar-refractivity contribution < 1.29 is 14.7 Å². The molecule has 0 unspecified atom stereocenters. The summed E-state index contributed by atoms with van der Waals surface area (Å²) in [7, 11) is 1.29. The average molecular weight is 258 g/mol. The number of esters is 1. The molecule has 14 heavy (non-hydrogen) atoms. The minimum atomic E-state index is -0.471. The fraction of sp³-hybridized carbons (Fsp3) is 0.111. The van der Waals surface area contributed by atoms with Crippen LogP contribution in [0.15, 0.2) is 27.8 Å². The van der Waals surface area contributed by atoms with E-state index in [9.17, 15) is 4.79 Å². The van der Waals surface area contributed by atoms with Crippen LogP contribution in [0.1, 0.15) is 15.9 Å². The third kappa shape index (κ3) is 2.11. The van der Waals surface area contributed by atoms with Gasteiger partial charge in [-0.2, -0.15) is 0 Å². The van der Waals surface area contributed by atoms with Crippen molar-refractivity contribution in [2.45, 2.75) is 0 Å². The molecule has 5 heteroatoms. The molecule has 0 aliphatic heterocycles. The van der Waals surface area contributed by atoms with E-state index in [1.807, 2.05) is 0 Å². The van der Waals surface area contributed by atoms with E-state index in [1.165, 1.54) is 13.3 Å². The molecule has 1 rings (SSSR count). The van der Waals surface area contributed by atoms with E-state index >= 15 is 0 Å². The molecule has 0 atom stereocenters. The average Bonchev–Trinajstić information content (AvgIpc) is 2.20. The van der Waals surface area contributed by atoms with Gasteiger partial charge in [0.15, 0.2) is 0 Å². The van der Waals surface area contributed by atoms with Gasteiger partial charge in [-0.3, -0.25) is 0 Å². The third-order valence-corrected chi connectivity index (χ3v) is 2.34. The number of ether oxygens (including phenoxy) is 1. The number of hydrogen-bond acceptors (Lipinski definition) is 4. The second-order valence-electron chi connectivity index (χ2n) is 2.44. The fourth-order valence-electron chi connectivity index (χ4n) is 1.01. The van der Waals surface area contributed by atoms with Crippen molar-refractivity contribution in [3.63, 3.8) is 0 Å². The number of benzene rings is 1. The number of halogens is 1. The lowest BCUT2D eigenvalue weighted by Crippen LogP contribution is -2.05. The number of hydrogen-bond donors (Lipinski definition) is 1. The summed E-state index contributed by atoms with van der Waals surface area (Å²) in [6.07, 6.45) is 1.18. The quantitative estimate of drug-likeness (QED) is 0.382. The van der Waals surface area contributed by atoms with Crippen LogP contribution >= 0.6 is 15.9 Å². The lowest BCUT2D eigenvalue weighted by molar-refractivity contribution is 0.0600. The lowest BCUT2D eigenvalue weighted by atomic mass is 10.1. The van der Waals surface area contributed by atoms with Crippen LogP contribution < -0.4 is 0 Å². The van der Waals surface area contributed by atoms with Crippen molar-refractivity contribution in [2.24, 2.45) is 5.16 Å². The Bertz CT molecular complexity index is 376. The molecule has 0 fully saturated rings. The molecule has 1 N–H and O–H groups in total. The smallest absolute Gasteiger partial charge is 0.338 e. The van der Waals surface area contributed by atoms with E-state index in [2.05, 4.69) is 25.8 Å². The lowest BCUT2D eigenvalue weighted by Gasteiger charge is -2.04. The normalized spacial score (nSPS) is 10.4. The number of rotatable bonds is 2. The summed E-state index contributed by atoms with van der Waals surface area (Å²) in [6.45, 7) is 0. The van der Waals surface area contributed by atoms with E-state index < -0.39 is 5.97 Å². The van der Waals surface area contributed by atoms with Gasteiger partial charge in [-0.15, -0.1) is 0 Å². The first-order valence-corrected chi connectivity index (χ1v) is 4.54. The van der Waals surface area contributed by atoms with Gasteiger partial charge in [-0.1, -0.05) is 27.2 Å². The molecule has 1 aromatic rings. The first kappa shape index (κ1) is 10.7. The molecule has 0 spiro atoms.